The molecule has 10 heteroatoms. The van der Waals surface area contributed by atoms with Crippen molar-refractivity contribution >= 4 is 27.5 Å². The molecule has 3 rings (SSSR count). The molecule has 0 fully saturated rings. The van der Waals surface area contributed by atoms with Crippen molar-refractivity contribution in [2.45, 2.75) is 18.2 Å². The Hall–Kier alpha value is -3.11. The van der Waals surface area contributed by atoms with Crippen LogP contribution in [0, 0.1) is 0 Å². The number of nitrogens with one attached hydrogen (secondary N) is 2. The lowest BCUT2D eigenvalue weighted by Gasteiger charge is -2.15. The Kier molecular flexibility index (Phi) is 5.76. The molecule has 0 aromatic heterocycles. The average Bonchev–Trinajstić information content (AvgIpc) is 3.15. The SMILES string of the molecule is COc1cc(OC)cc(C(=O)NNS(=O)(=O)c2ccc3c(c2)CCN3C(C)=O)c1. The first-order chi connectivity index (χ1) is 13.7. The Balaban J connectivity index is 1.75. The van der Waals surface area contributed by atoms with Crippen molar-refractivity contribution < 1.29 is 27.5 Å². The standard InChI is InChI=1S/C19H21N3O6S/c1-12(23)22-7-6-13-10-17(4-5-18(13)22)29(25,26)21-20-19(24)14-8-15(27-2)11-16(9-14)28-3/h4-5,8-11,21H,6-7H2,1-3H3,(H,20,24). The summed E-state index contributed by atoms with van der Waals surface area (Å²) in [6.45, 7) is 1.97. The lowest BCUT2D eigenvalue weighted by molar-refractivity contribution is -0.116. The number of fused-ring (bicyclic) bond motifs is 1. The number of amides is 2. The van der Waals surface area contributed by atoms with Crippen molar-refractivity contribution in [2.24, 2.45) is 0 Å². The molecule has 1 aliphatic heterocycles. The van der Waals surface area contributed by atoms with E-state index in [4.69, 9.17) is 9.47 Å². The van der Waals surface area contributed by atoms with Crippen LogP contribution in [0.4, 0.5) is 5.69 Å². The number of carbonyl (C=O) groups is 2. The van der Waals surface area contributed by atoms with Gasteiger partial charge in [0.1, 0.15) is 11.5 Å². The fourth-order valence-corrected chi connectivity index (χ4v) is 3.95. The second-order valence-corrected chi connectivity index (χ2v) is 8.05. The first-order valence-corrected chi connectivity index (χ1v) is 10.2. The highest BCUT2D eigenvalue weighted by Crippen LogP contribution is 2.30. The van der Waals surface area contributed by atoms with Gasteiger partial charge in [0, 0.05) is 30.8 Å². The first-order valence-electron chi connectivity index (χ1n) is 8.71. The van der Waals surface area contributed by atoms with Crippen LogP contribution >= 0.6 is 0 Å². The van der Waals surface area contributed by atoms with Crippen molar-refractivity contribution in [3.63, 3.8) is 0 Å². The fourth-order valence-electron chi connectivity index (χ4n) is 3.06. The monoisotopic (exact) mass is 419 g/mol. The molecule has 0 spiro atoms. The van der Waals surface area contributed by atoms with Gasteiger partial charge in [0.25, 0.3) is 15.9 Å². The van der Waals surface area contributed by atoms with E-state index in [1.807, 2.05) is 0 Å². The summed E-state index contributed by atoms with van der Waals surface area (Å²) in [7, 11) is -1.11. The summed E-state index contributed by atoms with van der Waals surface area (Å²) in [5, 5.41) is 0. The van der Waals surface area contributed by atoms with Crippen LogP contribution in [-0.4, -0.2) is 41.0 Å². The molecule has 2 aromatic carbocycles. The van der Waals surface area contributed by atoms with Gasteiger partial charge in [-0.1, -0.05) is 0 Å². The number of carbonyl (C=O) groups excluding carboxylic acids is 2. The summed E-state index contributed by atoms with van der Waals surface area (Å²) in [6, 6.07) is 8.99. The molecule has 0 bridgehead atoms. The summed E-state index contributed by atoms with van der Waals surface area (Å²) in [5.41, 5.74) is 3.80. The number of sulfonamides is 1. The maximum Gasteiger partial charge on any atom is 0.266 e. The van der Waals surface area contributed by atoms with Crippen molar-refractivity contribution in [3.8, 4) is 11.5 Å². The maximum atomic E-state index is 12.6. The molecule has 29 heavy (non-hydrogen) atoms. The Labute approximate surface area is 168 Å². The zero-order valence-corrected chi connectivity index (χ0v) is 17.0. The topological polar surface area (TPSA) is 114 Å². The first kappa shape index (κ1) is 20.6. The second-order valence-electron chi connectivity index (χ2n) is 6.37. The van der Waals surface area contributed by atoms with E-state index in [0.29, 0.717) is 30.2 Å². The Morgan fingerprint density at radius 1 is 1.03 bits per heavy atom. The van der Waals surface area contributed by atoms with Crippen molar-refractivity contribution in [2.75, 3.05) is 25.7 Å². The minimum absolute atomic E-state index is 0.00910. The van der Waals surface area contributed by atoms with Gasteiger partial charge in [-0.2, -0.15) is 0 Å². The van der Waals surface area contributed by atoms with Gasteiger partial charge < -0.3 is 14.4 Å². The summed E-state index contributed by atoms with van der Waals surface area (Å²) in [4.78, 5) is 27.7. The van der Waals surface area contributed by atoms with Gasteiger partial charge in [0.2, 0.25) is 5.91 Å². The van der Waals surface area contributed by atoms with E-state index in [0.717, 1.165) is 5.56 Å². The van der Waals surface area contributed by atoms with Gasteiger partial charge in [0.15, 0.2) is 0 Å². The molecule has 0 radical (unpaired) electrons. The third-order valence-corrected chi connectivity index (χ3v) is 5.79. The molecule has 1 heterocycles. The predicted octanol–water partition coefficient (Wildman–Crippen LogP) is 1.24. The molecule has 2 aromatic rings. The summed E-state index contributed by atoms with van der Waals surface area (Å²) in [5.74, 6) is 0.0187. The van der Waals surface area contributed by atoms with Gasteiger partial charge >= 0.3 is 0 Å². The predicted molar refractivity (Wildman–Crippen MR) is 106 cm³/mol. The molecule has 0 atom stereocenters. The average molecular weight is 419 g/mol. The molecular weight excluding hydrogens is 398 g/mol. The number of methoxy groups -OCH3 is 2. The second kappa shape index (κ2) is 8.10. The summed E-state index contributed by atoms with van der Waals surface area (Å²) >= 11 is 0. The zero-order valence-electron chi connectivity index (χ0n) is 16.2. The summed E-state index contributed by atoms with van der Waals surface area (Å²) < 4.78 is 35.4. The van der Waals surface area contributed by atoms with E-state index in [1.54, 1.807) is 17.0 Å². The number of rotatable bonds is 6. The number of benzene rings is 2. The van der Waals surface area contributed by atoms with Gasteiger partial charge in [-0.05, 0) is 42.3 Å². The smallest absolute Gasteiger partial charge is 0.266 e. The molecule has 0 aliphatic carbocycles. The van der Waals surface area contributed by atoms with Crippen LogP contribution < -0.4 is 24.6 Å². The highest BCUT2D eigenvalue weighted by atomic mass is 32.2. The van der Waals surface area contributed by atoms with Crippen molar-refractivity contribution in [1.82, 2.24) is 10.3 Å². The molecule has 9 nitrogen and oxygen atoms in total. The quantitative estimate of drug-likeness (QED) is 0.681. The Morgan fingerprint density at radius 3 is 2.28 bits per heavy atom. The number of nitrogens with zero attached hydrogens (tertiary/aromatic N) is 1. The van der Waals surface area contributed by atoms with E-state index >= 15 is 0 Å². The number of ether oxygens (including phenoxy) is 2. The minimum atomic E-state index is -4.00. The van der Waals surface area contributed by atoms with E-state index in [1.165, 1.54) is 45.4 Å². The highest BCUT2D eigenvalue weighted by molar-refractivity contribution is 7.89. The van der Waals surface area contributed by atoms with Crippen LogP contribution in [0.1, 0.15) is 22.8 Å². The highest BCUT2D eigenvalue weighted by Gasteiger charge is 2.25. The maximum absolute atomic E-state index is 12.6. The zero-order chi connectivity index (χ0) is 21.2. The fraction of sp³-hybridized carbons (Fsp3) is 0.263. The van der Waals surface area contributed by atoms with Crippen LogP contribution in [0.3, 0.4) is 0 Å². The third-order valence-electron chi connectivity index (χ3n) is 4.55. The van der Waals surface area contributed by atoms with Crippen LogP contribution in [0.2, 0.25) is 0 Å². The van der Waals surface area contributed by atoms with Crippen LogP contribution in [-0.2, 0) is 21.2 Å². The molecule has 2 N–H and O–H groups in total. The van der Waals surface area contributed by atoms with Gasteiger partial charge in [0.05, 0.1) is 19.1 Å². The van der Waals surface area contributed by atoms with Crippen molar-refractivity contribution in [1.29, 1.82) is 0 Å². The Morgan fingerprint density at radius 2 is 1.69 bits per heavy atom. The normalized spacial score (nSPS) is 13.0. The molecule has 0 saturated heterocycles. The van der Waals surface area contributed by atoms with E-state index in [2.05, 4.69) is 10.3 Å². The summed E-state index contributed by atoms with van der Waals surface area (Å²) in [6.07, 6.45) is 0.564. The lowest BCUT2D eigenvalue weighted by Crippen LogP contribution is -2.41. The minimum Gasteiger partial charge on any atom is -0.497 e. The number of hydrazine groups is 1. The van der Waals surface area contributed by atoms with Gasteiger partial charge in [-0.25, -0.2) is 8.42 Å². The lowest BCUT2D eigenvalue weighted by atomic mass is 10.2. The van der Waals surface area contributed by atoms with Crippen molar-refractivity contribution in [3.05, 3.63) is 47.5 Å². The molecule has 154 valence electrons. The number of hydrogen-bond acceptors (Lipinski definition) is 6. The number of anilines is 1. The van der Waals surface area contributed by atoms with Gasteiger partial charge in [-0.15, -0.1) is 4.83 Å². The van der Waals surface area contributed by atoms with Crippen LogP contribution in [0.5, 0.6) is 11.5 Å². The molecule has 1 aliphatic rings. The number of hydrogen-bond donors (Lipinski definition) is 2. The molecular formula is C19H21N3O6S. The largest absolute Gasteiger partial charge is 0.497 e. The van der Waals surface area contributed by atoms with E-state index < -0.39 is 15.9 Å². The Bertz CT molecular complexity index is 1050. The van der Waals surface area contributed by atoms with Gasteiger partial charge in [-0.3, -0.25) is 15.0 Å². The van der Waals surface area contributed by atoms with E-state index in [9.17, 15) is 18.0 Å². The van der Waals surface area contributed by atoms with Crippen LogP contribution in [0.25, 0.3) is 0 Å². The molecule has 0 saturated carbocycles. The van der Waals surface area contributed by atoms with E-state index in [-0.39, 0.29) is 16.4 Å². The third kappa shape index (κ3) is 4.33. The molecule has 0 unspecified atom stereocenters. The molecule has 2 amide bonds. The van der Waals surface area contributed by atoms with Crippen LogP contribution in [0.15, 0.2) is 41.3 Å².